The van der Waals surface area contributed by atoms with Crippen molar-refractivity contribution in [2.45, 2.75) is 39.0 Å². The van der Waals surface area contributed by atoms with E-state index < -0.39 is 5.97 Å². The highest BCUT2D eigenvalue weighted by Crippen LogP contribution is 2.40. The van der Waals surface area contributed by atoms with Gasteiger partial charge < -0.3 is 14.7 Å². The molecule has 0 saturated carbocycles. The number of carbonyl (C=O) groups is 1. The molecule has 0 fully saturated rings. The summed E-state index contributed by atoms with van der Waals surface area (Å²) in [5.74, 6) is 0.365. The number of fused-ring (bicyclic) bond motifs is 1. The van der Waals surface area contributed by atoms with Crippen LogP contribution in [0.15, 0.2) is 54.9 Å². The van der Waals surface area contributed by atoms with Gasteiger partial charge in [-0.05, 0) is 85.5 Å². The molecule has 2 heterocycles. The zero-order chi connectivity index (χ0) is 22.0. The average Bonchev–Trinajstić information content (AvgIpc) is 2.78. The fourth-order valence-corrected chi connectivity index (χ4v) is 4.21. The number of carboxylic acids is 1. The van der Waals surface area contributed by atoms with Crippen LogP contribution in [0.25, 0.3) is 0 Å². The van der Waals surface area contributed by atoms with Crippen LogP contribution in [0.3, 0.4) is 0 Å². The number of nitrogens with zero attached hydrogens (tertiary/aromatic N) is 2. The fraction of sp³-hybridized carbons (Fsp3) is 0.308. The highest BCUT2D eigenvalue weighted by molar-refractivity contribution is 5.89. The maximum atomic E-state index is 11.5. The van der Waals surface area contributed by atoms with Gasteiger partial charge in [-0.2, -0.15) is 0 Å². The van der Waals surface area contributed by atoms with Crippen LogP contribution in [-0.4, -0.2) is 29.7 Å². The molecule has 1 N–H and O–H groups in total. The molecule has 160 valence electrons. The first kappa shape index (κ1) is 20.9. The van der Waals surface area contributed by atoms with Crippen molar-refractivity contribution in [3.8, 4) is 5.75 Å². The summed E-state index contributed by atoms with van der Waals surface area (Å²) < 4.78 is 6.00. The van der Waals surface area contributed by atoms with Gasteiger partial charge in [-0.15, -0.1) is 0 Å². The van der Waals surface area contributed by atoms with E-state index in [-0.39, 0.29) is 0 Å². The van der Waals surface area contributed by atoms with Gasteiger partial charge in [-0.3, -0.25) is 4.98 Å². The predicted molar refractivity (Wildman–Crippen MR) is 123 cm³/mol. The molecule has 0 unspecified atom stereocenters. The lowest BCUT2D eigenvalue weighted by molar-refractivity contribution is 0.0695. The number of anilines is 2. The van der Waals surface area contributed by atoms with Crippen LogP contribution in [0.4, 0.5) is 11.4 Å². The second-order valence-corrected chi connectivity index (χ2v) is 8.26. The third-order valence-corrected chi connectivity index (χ3v) is 6.32. The van der Waals surface area contributed by atoms with E-state index in [1.807, 2.05) is 0 Å². The van der Waals surface area contributed by atoms with Gasteiger partial charge in [0.2, 0.25) is 0 Å². The summed E-state index contributed by atoms with van der Waals surface area (Å²) in [5.41, 5.74) is 7.12. The van der Waals surface area contributed by atoms with Crippen molar-refractivity contribution in [2.75, 3.05) is 18.6 Å². The molecule has 1 aromatic heterocycles. The first-order chi connectivity index (χ1) is 14.9. The number of aromatic carboxylic acids is 1. The summed E-state index contributed by atoms with van der Waals surface area (Å²) in [4.78, 5) is 17.8. The van der Waals surface area contributed by atoms with Crippen molar-refractivity contribution in [1.82, 2.24) is 4.98 Å². The summed E-state index contributed by atoms with van der Waals surface area (Å²) in [6, 6.07) is 14.5. The average molecular weight is 417 g/mol. The van der Waals surface area contributed by atoms with Gasteiger partial charge >= 0.3 is 5.97 Å². The number of ether oxygens (including phenoxy) is 1. The van der Waals surface area contributed by atoms with Gasteiger partial charge in [0.05, 0.1) is 12.2 Å². The smallest absolute Gasteiger partial charge is 0.336 e. The number of pyridine rings is 1. The molecule has 1 aliphatic heterocycles. The first-order valence-electron chi connectivity index (χ1n) is 10.7. The number of hydrogen-bond donors (Lipinski definition) is 1. The Morgan fingerprint density at radius 1 is 1.13 bits per heavy atom. The summed E-state index contributed by atoms with van der Waals surface area (Å²) in [5, 5.41) is 9.42. The van der Waals surface area contributed by atoms with Gasteiger partial charge in [-0.1, -0.05) is 12.1 Å². The fourth-order valence-electron chi connectivity index (χ4n) is 4.21. The Kier molecular flexibility index (Phi) is 5.94. The number of benzene rings is 2. The summed E-state index contributed by atoms with van der Waals surface area (Å²) >= 11 is 0. The molecule has 3 aromatic rings. The highest BCUT2D eigenvalue weighted by atomic mass is 16.5. The van der Waals surface area contributed by atoms with E-state index in [1.54, 1.807) is 12.3 Å². The number of rotatable bonds is 6. The van der Waals surface area contributed by atoms with Crippen LogP contribution >= 0.6 is 0 Å². The van der Waals surface area contributed by atoms with E-state index in [1.165, 1.54) is 22.9 Å². The van der Waals surface area contributed by atoms with E-state index in [9.17, 15) is 9.90 Å². The van der Waals surface area contributed by atoms with Crippen molar-refractivity contribution >= 4 is 17.3 Å². The standard InChI is InChI=1S/C26H28N2O3/c1-17-4-7-21(14-18(17)2)28(3)22-8-9-23-19(11-13-31-25(23)15-22)5-6-20-16-27-12-10-24(20)26(29)30/h4,7-10,12,14-16,19H,5-6,11,13H2,1-3H3,(H,29,30)/t19-/m1/s1. The SMILES string of the molecule is Cc1ccc(N(C)c2ccc3c(c2)OCC[C@H]3CCc2cnccc2C(=O)O)cc1C. The minimum absolute atomic E-state index is 0.339. The first-order valence-corrected chi connectivity index (χ1v) is 10.7. The lowest BCUT2D eigenvalue weighted by atomic mass is 9.87. The molecule has 2 aromatic carbocycles. The molecule has 5 heteroatoms. The minimum atomic E-state index is -0.899. The molecule has 0 aliphatic carbocycles. The van der Waals surface area contributed by atoms with Crippen molar-refractivity contribution < 1.29 is 14.6 Å². The molecule has 0 radical (unpaired) electrons. The van der Waals surface area contributed by atoms with Gasteiger partial charge in [0.25, 0.3) is 0 Å². The molecule has 0 bridgehead atoms. The third kappa shape index (κ3) is 4.41. The van der Waals surface area contributed by atoms with E-state index in [2.05, 4.69) is 67.2 Å². The zero-order valence-corrected chi connectivity index (χ0v) is 18.3. The van der Waals surface area contributed by atoms with Crippen molar-refractivity contribution in [1.29, 1.82) is 0 Å². The summed E-state index contributed by atoms with van der Waals surface area (Å²) in [6.45, 7) is 4.93. The number of hydrogen-bond acceptors (Lipinski definition) is 4. The lowest BCUT2D eigenvalue weighted by Gasteiger charge is -2.28. The Morgan fingerprint density at radius 3 is 2.68 bits per heavy atom. The topological polar surface area (TPSA) is 62.7 Å². The molecule has 0 amide bonds. The normalized spacial score (nSPS) is 15.1. The van der Waals surface area contributed by atoms with Crippen molar-refractivity contribution in [3.63, 3.8) is 0 Å². The van der Waals surface area contributed by atoms with Gasteiger partial charge in [0.1, 0.15) is 5.75 Å². The van der Waals surface area contributed by atoms with Crippen LogP contribution in [0, 0.1) is 13.8 Å². The molecule has 4 rings (SSSR count). The van der Waals surface area contributed by atoms with Crippen LogP contribution in [0.2, 0.25) is 0 Å². The summed E-state index contributed by atoms with van der Waals surface area (Å²) in [7, 11) is 2.07. The molecular formula is C26H28N2O3. The van der Waals surface area contributed by atoms with Crippen LogP contribution in [-0.2, 0) is 6.42 Å². The maximum absolute atomic E-state index is 11.5. The molecule has 1 atom stereocenters. The molecule has 5 nitrogen and oxygen atoms in total. The van der Waals surface area contributed by atoms with Crippen LogP contribution in [0.5, 0.6) is 5.75 Å². The minimum Gasteiger partial charge on any atom is -0.493 e. The zero-order valence-electron chi connectivity index (χ0n) is 18.3. The van der Waals surface area contributed by atoms with Crippen LogP contribution < -0.4 is 9.64 Å². The molecule has 31 heavy (non-hydrogen) atoms. The number of aromatic nitrogens is 1. The summed E-state index contributed by atoms with van der Waals surface area (Å²) in [6.07, 6.45) is 5.69. The predicted octanol–water partition coefficient (Wildman–Crippen LogP) is 5.66. The molecule has 1 aliphatic rings. The van der Waals surface area contributed by atoms with E-state index in [0.717, 1.165) is 35.5 Å². The second kappa shape index (κ2) is 8.80. The Labute approximate surface area is 183 Å². The monoisotopic (exact) mass is 416 g/mol. The molecule has 0 saturated heterocycles. The van der Waals surface area contributed by atoms with Crippen molar-refractivity contribution in [3.05, 3.63) is 82.7 Å². The van der Waals surface area contributed by atoms with Gasteiger partial charge in [0.15, 0.2) is 0 Å². The van der Waals surface area contributed by atoms with E-state index >= 15 is 0 Å². The lowest BCUT2D eigenvalue weighted by Crippen LogP contribution is -2.17. The van der Waals surface area contributed by atoms with E-state index in [4.69, 9.17) is 4.74 Å². The maximum Gasteiger partial charge on any atom is 0.336 e. The molecular weight excluding hydrogens is 388 g/mol. The highest BCUT2D eigenvalue weighted by Gasteiger charge is 2.23. The van der Waals surface area contributed by atoms with Gasteiger partial charge in [-0.25, -0.2) is 4.79 Å². The Morgan fingerprint density at radius 2 is 1.90 bits per heavy atom. The van der Waals surface area contributed by atoms with Gasteiger partial charge in [0, 0.05) is 36.9 Å². The number of aryl methyl sites for hydroxylation is 3. The van der Waals surface area contributed by atoms with Crippen molar-refractivity contribution in [2.24, 2.45) is 0 Å². The quantitative estimate of drug-likeness (QED) is 0.561. The largest absolute Gasteiger partial charge is 0.493 e. The van der Waals surface area contributed by atoms with Crippen LogP contribution in [0.1, 0.15) is 51.4 Å². The number of carboxylic acid groups (broad SMARTS) is 1. The van der Waals surface area contributed by atoms with E-state index in [0.29, 0.717) is 24.5 Å². The molecule has 0 spiro atoms. The second-order valence-electron chi connectivity index (χ2n) is 8.26. The Balaban J connectivity index is 1.53. The Bertz CT molecular complexity index is 1110. The Hall–Kier alpha value is -3.34. The third-order valence-electron chi connectivity index (χ3n) is 6.32.